The molecule has 1 N–H and O–H groups in total. The molecule has 1 heterocycles. The van der Waals surface area contributed by atoms with Crippen LogP contribution in [0.5, 0.6) is 0 Å². The van der Waals surface area contributed by atoms with Crippen molar-refractivity contribution in [1.29, 1.82) is 0 Å². The van der Waals surface area contributed by atoms with Gasteiger partial charge < -0.3 is 10.2 Å². The van der Waals surface area contributed by atoms with Crippen LogP contribution in [0.4, 0.5) is 5.69 Å². The van der Waals surface area contributed by atoms with Gasteiger partial charge in [0.25, 0.3) is 5.56 Å². The lowest BCUT2D eigenvalue weighted by atomic mass is 10.0. The molecule has 0 aliphatic rings. The van der Waals surface area contributed by atoms with Crippen LogP contribution in [0.2, 0.25) is 0 Å². The van der Waals surface area contributed by atoms with E-state index in [4.69, 9.17) is 4.98 Å². The summed E-state index contributed by atoms with van der Waals surface area (Å²) in [7, 11) is 1.61. The molecule has 3 aromatic rings. The highest BCUT2D eigenvalue weighted by atomic mass is 32.2. The molecule has 0 fully saturated rings. The van der Waals surface area contributed by atoms with E-state index in [1.165, 1.54) is 29.5 Å². The van der Waals surface area contributed by atoms with E-state index in [9.17, 15) is 14.4 Å². The molecule has 2 aromatic carbocycles. The van der Waals surface area contributed by atoms with Crippen LogP contribution in [0.25, 0.3) is 10.9 Å². The molecule has 0 aliphatic carbocycles. The number of hydrogen-bond acceptors (Lipinski definition) is 5. The van der Waals surface area contributed by atoms with Crippen LogP contribution in [0.3, 0.4) is 0 Å². The minimum absolute atomic E-state index is 0.0540. The average Bonchev–Trinajstić information content (AvgIpc) is 2.87. The van der Waals surface area contributed by atoms with Crippen molar-refractivity contribution >= 4 is 40.2 Å². The van der Waals surface area contributed by atoms with Crippen molar-refractivity contribution in [2.75, 3.05) is 24.7 Å². The predicted molar refractivity (Wildman–Crippen MR) is 152 cm³/mol. The highest BCUT2D eigenvalue weighted by Gasteiger charge is 2.17. The maximum absolute atomic E-state index is 13.2. The number of hydrogen-bond donors (Lipinski definition) is 1. The summed E-state index contributed by atoms with van der Waals surface area (Å²) in [6.45, 7) is 6.97. The van der Waals surface area contributed by atoms with Crippen molar-refractivity contribution in [3.05, 3.63) is 64.4 Å². The van der Waals surface area contributed by atoms with Gasteiger partial charge in [-0.25, -0.2) is 4.98 Å². The Labute approximate surface area is 223 Å². The van der Waals surface area contributed by atoms with Crippen molar-refractivity contribution in [3.8, 4) is 0 Å². The van der Waals surface area contributed by atoms with E-state index < -0.39 is 0 Å². The number of aryl methyl sites for hydroxylation is 1. The number of carbonyl (C=O) groups is 2. The van der Waals surface area contributed by atoms with Gasteiger partial charge in [-0.2, -0.15) is 0 Å². The Kier molecular flexibility index (Phi) is 10.7. The second kappa shape index (κ2) is 14.0. The number of amides is 2. The van der Waals surface area contributed by atoms with Gasteiger partial charge in [0.1, 0.15) is 0 Å². The predicted octanol–water partition coefficient (Wildman–Crippen LogP) is 5.50. The fourth-order valence-corrected chi connectivity index (χ4v) is 4.97. The summed E-state index contributed by atoms with van der Waals surface area (Å²) in [6, 6.07) is 14.8. The summed E-state index contributed by atoms with van der Waals surface area (Å²) in [5.74, 6) is 0.335. The first kappa shape index (κ1) is 28.4. The van der Waals surface area contributed by atoms with Gasteiger partial charge in [-0.15, -0.1) is 0 Å². The molecule has 37 heavy (non-hydrogen) atoms. The quantitative estimate of drug-likeness (QED) is 0.182. The summed E-state index contributed by atoms with van der Waals surface area (Å²) in [5.41, 5.74) is 2.35. The molecule has 0 saturated heterocycles. The van der Waals surface area contributed by atoms with E-state index >= 15 is 0 Å². The number of nitrogens with zero attached hydrogens (tertiary/aromatic N) is 3. The zero-order valence-corrected chi connectivity index (χ0v) is 23.1. The molecule has 0 spiro atoms. The Morgan fingerprint density at radius 2 is 1.73 bits per heavy atom. The van der Waals surface area contributed by atoms with Crippen molar-refractivity contribution in [1.82, 2.24) is 14.5 Å². The molecule has 8 heteroatoms. The molecule has 0 bridgehead atoms. The van der Waals surface area contributed by atoms with Gasteiger partial charge in [-0.05, 0) is 43.5 Å². The van der Waals surface area contributed by atoms with Crippen molar-refractivity contribution in [2.24, 2.45) is 5.92 Å². The Morgan fingerprint density at radius 1 is 1.03 bits per heavy atom. The second-order valence-corrected chi connectivity index (χ2v) is 10.9. The van der Waals surface area contributed by atoms with E-state index in [-0.39, 0.29) is 29.7 Å². The number of aromatic nitrogens is 2. The third-order valence-electron chi connectivity index (χ3n) is 6.21. The zero-order chi connectivity index (χ0) is 26.8. The SMILES string of the molecule is Cc1ccc(NC(=O)CN(C)C(=O)CSc2nc3ccccc3c(=O)n2CCCCCCC(C)C)cc1. The number of anilines is 1. The second-order valence-electron chi connectivity index (χ2n) is 9.92. The number of fused-ring (bicyclic) bond motifs is 1. The lowest BCUT2D eigenvalue weighted by Gasteiger charge is -2.18. The third-order valence-corrected chi connectivity index (χ3v) is 7.17. The van der Waals surface area contributed by atoms with E-state index in [1.807, 2.05) is 49.4 Å². The third kappa shape index (κ3) is 8.74. The molecule has 0 unspecified atom stereocenters. The minimum Gasteiger partial charge on any atom is -0.336 e. The number of thioether (sulfide) groups is 1. The number of nitrogens with one attached hydrogen (secondary N) is 1. The van der Waals surface area contributed by atoms with Crippen LogP contribution in [0, 0.1) is 12.8 Å². The zero-order valence-electron chi connectivity index (χ0n) is 22.3. The van der Waals surface area contributed by atoms with Crippen LogP contribution in [0.15, 0.2) is 58.5 Å². The fraction of sp³-hybridized carbons (Fsp3) is 0.448. The molecule has 1 aromatic heterocycles. The number of carbonyl (C=O) groups excluding carboxylic acids is 2. The smallest absolute Gasteiger partial charge is 0.262 e. The Hall–Kier alpha value is -3.13. The van der Waals surface area contributed by atoms with Gasteiger partial charge in [0.15, 0.2) is 5.16 Å². The van der Waals surface area contributed by atoms with Gasteiger partial charge in [-0.1, -0.05) is 81.1 Å². The van der Waals surface area contributed by atoms with Gasteiger partial charge in [0.05, 0.1) is 23.2 Å². The molecule has 3 rings (SSSR count). The van der Waals surface area contributed by atoms with Crippen LogP contribution < -0.4 is 10.9 Å². The molecule has 198 valence electrons. The van der Waals surface area contributed by atoms with Gasteiger partial charge in [0, 0.05) is 19.3 Å². The first-order valence-electron chi connectivity index (χ1n) is 13.0. The summed E-state index contributed by atoms with van der Waals surface area (Å²) in [4.78, 5) is 44.5. The molecule has 0 atom stereocenters. The monoisotopic (exact) mass is 522 g/mol. The number of para-hydroxylation sites is 1. The van der Waals surface area contributed by atoms with E-state index in [0.717, 1.165) is 24.8 Å². The van der Waals surface area contributed by atoms with Crippen LogP contribution in [-0.4, -0.2) is 45.6 Å². The van der Waals surface area contributed by atoms with Crippen molar-refractivity contribution in [3.63, 3.8) is 0 Å². The highest BCUT2D eigenvalue weighted by Crippen LogP contribution is 2.19. The normalized spacial score (nSPS) is 11.2. The Balaban J connectivity index is 1.61. The number of unbranched alkanes of at least 4 members (excludes halogenated alkanes) is 3. The Morgan fingerprint density at radius 3 is 2.46 bits per heavy atom. The number of benzene rings is 2. The molecule has 7 nitrogen and oxygen atoms in total. The molecule has 0 saturated carbocycles. The minimum atomic E-state index is -0.261. The standard InChI is InChI=1S/C29H38N4O3S/c1-21(2)11-7-5-6-10-18-33-28(36)24-12-8-9-13-25(24)31-29(33)37-20-27(35)32(4)19-26(34)30-23-16-14-22(3)15-17-23/h8-9,12-17,21H,5-7,10-11,18-20H2,1-4H3,(H,30,34). The average molecular weight is 523 g/mol. The summed E-state index contributed by atoms with van der Waals surface area (Å²) >= 11 is 1.25. The fourth-order valence-electron chi connectivity index (χ4n) is 4.01. The van der Waals surface area contributed by atoms with Crippen molar-refractivity contribution < 1.29 is 9.59 Å². The summed E-state index contributed by atoms with van der Waals surface area (Å²) in [5, 5.41) is 3.94. The van der Waals surface area contributed by atoms with E-state index in [0.29, 0.717) is 34.2 Å². The van der Waals surface area contributed by atoms with Crippen LogP contribution in [-0.2, 0) is 16.1 Å². The summed E-state index contributed by atoms with van der Waals surface area (Å²) in [6.07, 6.45) is 5.50. The number of rotatable bonds is 13. The van der Waals surface area contributed by atoms with Gasteiger partial charge in [-0.3, -0.25) is 19.0 Å². The molecule has 0 radical (unpaired) electrons. The largest absolute Gasteiger partial charge is 0.336 e. The van der Waals surface area contributed by atoms with Gasteiger partial charge in [0.2, 0.25) is 11.8 Å². The maximum Gasteiger partial charge on any atom is 0.262 e. The molecule has 2 amide bonds. The topological polar surface area (TPSA) is 84.3 Å². The first-order valence-corrected chi connectivity index (χ1v) is 14.0. The van der Waals surface area contributed by atoms with E-state index in [2.05, 4.69) is 19.2 Å². The molecular formula is C29H38N4O3S. The molecular weight excluding hydrogens is 484 g/mol. The highest BCUT2D eigenvalue weighted by molar-refractivity contribution is 7.99. The molecule has 0 aliphatic heterocycles. The number of likely N-dealkylation sites (N-methyl/N-ethyl adjacent to an activating group) is 1. The van der Waals surface area contributed by atoms with Crippen LogP contribution >= 0.6 is 11.8 Å². The lowest BCUT2D eigenvalue weighted by Crippen LogP contribution is -2.36. The first-order chi connectivity index (χ1) is 17.7. The Bertz CT molecular complexity index is 1250. The van der Waals surface area contributed by atoms with E-state index in [1.54, 1.807) is 17.7 Å². The van der Waals surface area contributed by atoms with Crippen molar-refractivity contribution in [2.45, 2.75) is 64.6 Å². The maximum atomic E-state index is 13.2. The van der Waals surface area contributed by atoms with Crippen LogP contribution in [0.1, 0.15) is 51.5 Å². The van der Waals surface area contributed by atoms with Gasteiger partial charge >= 0.3 is 0 Å². The lowest BCUT2D eigenvalue weighted by molar-refractivity contribution is -0.131. The summed E-state index contributed by atoms with van der Waals surface area (Å²) < 4.78 is 1.70.